The van der Waals surface area contributed by atoms with Gasteiger partial charge in [-0.2, -0.15) is 5.10 Å². The fourth-order valence-electron chi connectivity index (χ4n) is 1.86. The number of amides is 1. The third-order valence-electron chi connectivity index (χ3n) is 3.14. The molecule has 2 rings (SSSR count). The first kappa shape index (κ1) is 14.8. The summed E-state index contributed by atoms with van der Waals surface area (Å²) in [5.74, 6) is -1.33. The molecule has 1 heterocycles. The zero-order valence-corrected chi connectivity index (χ0v) is 11.9. The Morgan fingerprint density at radius 3 is 2.71 bits per heavy atom. The van der Waals surface area contributed by atoms with Gasteiger partial charge in [-0.1, -0.05) is 12.1 Å². The van der Waals surface area contributed by atoms with Gasteiger partial charge in [0.05, 0.1) is 11.1 Å². The number of hydrogen-bond acceptors (Lipinski definition) is 3. The first-order valence-corrected chi connectivity index (χ1v) is 6.51. The first-order valence-electron chi connectivity index (χ1n) is 6.51. The molecule has 1 aromatic heterocycles. The minimum atomic E-state index is -1.09. The van der Waals surface area contributed by atoms with Crippen LogP contribution in [0.15, 0.2) is 36.5 Å². The summed E-state index contributed by atoms with van der Waals surface area (Å²) in [6.07, 6.45) is 1.56. The first-order chi connectivity index (χ1) is 9.88. The van der Waals surface area contributed by atoms with Crippen LogP contribution in [0.5, 0.6) is 0 Å². The number of rotatable bonds is 5. The van der Waals surface area contributed by atoms with Crippen molar-refractivity contribution in [3.63, 3.8) is 0 Å². The van der Waals surface area contributed by atoms with Crippen LogP contribution in [0.1, 0.15) is 20.3 Å². The molecule has 1 amide bonds. The molecule has 0 fully saturated rings. The Hall–Kier alpha value is -2.63. The zero-order chi connectivity index (χ0) is 15.5. The summed E-state index contributed by atoms with van der Waals surface area (Å²) >= 11 is 0. The summed E-state index contributed by atoms with van der Waals surface area (Å²) in [6, 6.07) is 9.09. The van der Waals surface area contributed by atoms with E-state index in [1.807, 2.05) is 18.2 Å². The Morgan fingerprint density at radius 2 is 2.10 bits per heavy atom. The molecule has 6 heteroatoms. The Balaban J connectivity index is 2.08. The van der Waals surface area contributed by atoms with Crippen molar-refractivity contribution in [1.82, 2.24) is 10.2 Å². The highest BCUT2D eigenvalue weighted by Crippen LogP contribution is 2.23. The Labute approximate surface area is 122 Å². The van der Waals surface area contributed by atoms with Crippen LogP contribution in [0.4, 0.5) is 5.69 Å². The minimum Gasteiger partial charge on any atom is -0.481 e. The molecule has 0 atom stereocenters. The van der Waals surface area contributed by atoms with Crippen molar-refractivity contribution < 1.29 is 14.7 Å². The van der Waals surface area contributed by atoms with Gasteiger partial charge in [0.1, 0.15) is 0 Å². The molecular formula is C15H17N3O3. The lowest BCUT2D eigenvalue weighted by Crippen LogP contribution is -2.29. The molecule has 2 aromatic rings. The number of nitrogens with zero attached hydrogens (tertiary/aromatic N) is 1. The van der Waals surface area contributed by atoms with Gasteiger partial charge in [-0.05, 0) is 32.0 Å². The maximum absolute atomic E-state index is 11.9. The molecule has 21 heavy (non-hydrogen) atoms. The van der Waals surface area contributed by atoms with Crippen LogP contribution >= 0.6 is 0 Å². The maximum Gasteiger partial charge on any atom is 0.309 e. The molecule has 1 aromatic carbocycles. The van der Waals surface area contributed by atoms with Crippen LogP contribution in [0, 0.1) is 5.41 Å². The van der Waals surface area contributed by atoms with E-state index in [4.69, 9.17) is 5.11 Å². The largest absolute Gasteiger partial charge is 0.481 e. The predicted octanol–water partition coefficient (Wildman–Crippen LogP) is 2.52. The van der Waals surface area contributed by atoms with Crippen LogP contribution in [0.3, 0.4) is 0 Å². The van der Waals surface area contributed by atoms with E-state index < -0.39 is 11.4 Å². The Kier molecular flexibility index (Phi) is 4.07. The molecule has 3 N–H and O–H groups in total. The molecular weight excluding hydrogens is 270 g/mol. The van der Waals surface area contributed by atoms with Crippen molar-refractivity contribution in [2.75, 3.05) is 5.32 Å². The molecule has 110 valence electrons. The topological polar surface area (TPSA) is 95.1 Å². The fraction of sp³-hybridized carbons (Fsp3) is 0.267. The van der Waals surface area contributed by atoms with Crippen molar-refractivity contribution in [1.29, 1.82) is 0 Å². The van der Waals surface area contributed by atoms with Crippen LogP contribution in [-0.2, 0) is 9.59 Å². The van der Waals surface area contributed by atoms with E-state index >= 15 is 0 Å². The van der Waals surface area contributed by atoms with E-state index in [-0.39, 0.29) is 12.3 Å². The van der Waals surface area contributed by atoms with Crippen molar-refractivity contribution in [3.05, 3.63) is 36.5 Å². The molecule has 0 bridgehead atoms. The second-order valence-electron chi connectivity index (χ2n) is 5.47. The standard InChI is InChI=1S/C15H17N3O3/c1-15(2,14(20)21)9-13(19)17-11-5-3-4-10(8-11)12-6-7-16-18-12/h3-8H,9H2,1-2H3,(H,16,18)(H,17,19)(H,20,21). The number of hydrogen-bond donors (Lipinski definition) is 3. The third kappa shape index (κ3) is 3.68. The quantitative estimate of drug-likeness (QED) is 0.787. The van der Waals surface area contributed by atoms with Crippen LogP contribution in [0.2, 0.25) is 0 Å². The SMILES string of the molecule is CC(C)(CC(=O)Nc1cccc(-c2ccn[nH]2)c1)C(=O)O. The van der Waals surface area contributed by atoms with Gasteiger partial charge in [-0.15, -0.1) is 0 Å². The van der Waals surface area contributed by atoms with Crippen molar-refractivity contribution in [3.8, 4) is 11.3 Å². The summed E-state index contributed by atoms with van der Waals surface area (Å²) in [4.78, 5) is 23.0. The number of carboxylic acid groups (broad SMARTS) is 1. The molecule has 6 nitrogen and oxygen atoms in total. The van der Waals surface area contributed by atoms with Gasteiger partial charge in [0, 0.05) is 23.9 Å². The molecule has 0 saturated carbocycles. The lowest BCUT2D eigenvalue weighted by atomic mass is 9.89. The minimum absolute atomic E-state index is 0.0867. The van der Waals surface area contributed by atoms with E-state index in [0.717, 1.165) is 11.3 Å². The highest BCUT2D eigenvalue weighted by atomic mass is 16.4. The Bertz CT molecular complexity index is 648. The monoisotopic (exact) mass is 287 g/mol. The van der Waals surface area contributed by atoms with Gasteiger partial charge < -0.3 is 10.4 Å². The van der Waals surface area contributed by atoms with Crippen LogP contribution in [0.25, 0.3) is 11.3 Å². The number of carbonyl (C=O) groups excluding carboxylic acids is 1. The number of anilines is 1. The van der Waals surface area contributed by atoms with Crippen LogP contribution < -0.4 is 5.32 Å². The molecule has 0 aliphatic carbocycles. The number of aromatic nitrogens is 2. The van der Waals surface area contributed by atoms with E-state index in [9.17, 15) is 9.59 Å². The van der Waals surface area contributed by atoms with Gasteiger partial charge >= 0.3 is 5.97 Å². The van der Waals surface area contributed by atoms with Gasteiger partial charge in [0.15, 0.2) is 0 Å². The van der Waals surface area contributed by atoms with Gasteiger partial charge in [-0.25, -0.2) is 0 Å². The maximum atomic E-state index is 11.9. The number of nitrogens with one attached hydrogen (secondary N) is 2. The lowest BCUT2D eigenvalue weighted by Gasteiger charge is -2.18. The summed E-state index contributed by atoms with van der Waals surface area (Å²) in [6.45, 7) is 3.05. The highest BCUT2D eigenvalue weighted by Gasteiger charge is 2.30. The summed E-state index contributed by atoms with van der Waals surface area (Å²) in [5.41, 5.74) is 1.26. The smallest absolute Gasteiger partial charge is 0.309 e. The molecule has 0 spiro atoms. The Morgan fingerprint density at radius 1 is 1.33 bits per heavy atom. The van der Waals surface area contributed by atoms with Crippen LogP contribution in [-0.4, -0.2) is 27.2 Å². The number of benzene rings is 1. The van der Waals surface area contributed by atoms with Crippen molar-refractivity contribution in [2.24, 2.45) is 5.41 Å². The van der Waals surface area contributed by atoms with E-state index in [0.29, 0.717) is 5.69 Å². The van der Waals surface area contributed by atoms with Gasteiger partial charge in [-0.3, -0.25) is 14.7 Å². The second kappa shape index (κ2) is 5.78. The number of H-pyrrole nitrogens is 1. The average Bonchev–Trinajstić information content (AvgIpc) is 2.91. The fourth-order valence-corrected chi connectivity index (χ4v) is 1.86. The van der Waals surface area contributed by atoms with E-state index in [2.05, 4.69) is 15.5 Å². The number of carboxylic acids is 1. The van der Waals surface area contributed by atoms with Crippen molar-refractivity contribution in [2.45, 2.75) is 20.3 Å². The third-order valence-corrected chi connectivity index (χ3v) is 3.14. The molecule has 0 unspecified atom stereocenters. The van der Waals surface area contributed by atoms with E-state index in [1.165, 1.54) is 13.8 Å². The molecule has 0 aliphatic heterocycles. The molecule has 0 radical (unpaired) electrons. The zero-order valence-electron chi connectivity index (χ0n) is 11.9. The molecule has 0 saturated heterocycles. The second-order valence-corrected chi connectivity index (χ2v) is 5.47. The van der Waals surface area contributed by atoms with Gasteiger partial charge in [0.2, 0.25) is 5.91 Å². The predicted molar refractivity (Wildman–Crippen MR) is 78.7 cm³/mol. The normalized spacial score (nSPS) is 11.1. The number of carbonyl (C=O) groups is 2. The van der Waals surface area contributed by atoms with Gasteiger partial charge in [0.25, 0.3) is 0 Å². The number of aromatic amines is 1. The lowest BCUT2D eigenvalue weighted by molar-refractivity contribution is -0.148. The summed E-state index contributed by atoms with van der Waals surface area (Å²) in [5, 5.41) is 18.5. The molecule has 0 aliphatic rings. The summed E-state index contributed by atoms with van der Waals surface area (Å²) < 4.78 is 0. The van der Waals surface area contributed by atoms with E-state index in [1.54, 1.807) is 18.3 Å². The summed E-state index contributed by atoms with van der Waals surface area (Å²) in [7, 11) is 0. The van der Waals surface area contributed by atoms with Crippen molar-refractivity contribution >= 4 is 17.6 Å². The average molecular weight is 287 g/mol. The number of aliphatic carboxylic acids is 1. The highest BCUT2D eigenvalue weighted by molar-refractivity contribution is 5.94.